The molecule has 3 N–H and O–H groups in total. The fraction of sp³-hybridized carbons (Fsp3) is 0.533. The lowest BCUT2D eigenvalue weighted by Crippen LogP contribution is -2.34. The molecule has 6 heteroatoms. The molecule has 0 saturated carbocycles. The molecule has 1 fully saturated rings. The van der Waals surface area contributed by atoms with Gasteiger partial charge in [0.05, 0.1) is 11.5 Å². The lowest BCUT2D eigenvalue weighted by molar-refractivity contribution is -0.159. The number of halogens is 2. The first-order valence-electron chi connectivity index (χ1n) is 6.87. The first-order chi connectivity index (χ1) is 9.70. The fourth-order valence-electron chi connectivity index (χ4n) is 2.24. The van der Waals surface area contributed by atoms with Gasteiger partial charge in [-0.15, -0.1) is 0 Å². The van der Waals surface area contributed by atoms with E-state index >= 15 is 0 Å². The zero-order valence-corrected chi connectivity index (χ0v) is 12.3. The zero-order chi connectivity index (χ0) is 15.8. The maximum atomic E-state index is 13.8. The largest absolute Gasteiger partial charge is 0.446 e. The van der Waals surface area contributed by atoms with Crippen LogP contribution in [-0.2, 0) is 9.53 Å². The van der Waals surface area contributed by atoms with Gasteiger partial charge in [-0.1, -0.05) is 12.1 Å². The standard InChI is InChI=1S/C15H20F2N2O2/c1-15(2,3)14(20)21-11-7-10(18)13(19-11)8-5-4-6-9(16)12(8)17/h4-6,10-11,13,19H,7,18H2,1-3H3. The molecule has 1 aromatic carbocycles. The maximum Gasteiger partial charge on any atom is 0.312 e. The molecular weight excluding hydrogens is 278 g/mol. The number of hydrogen-bond acceptors (Lipinski definition) is 4. The number of rotatable bonds is 2. The van der Waals surface area contributed by atoms with Crippen LogP contribution >= 0.6 is 0 Å². The van der Waals surface area contributed by atoms with Crippen molar-refractivity contribution in [3.8, 4) is 0 Å². The summed E-state index contributed by atoms with van der Waals surface area (Å²) in [6.45, 7) is 5.23. The second kappa shape index (κ2) is 5.69. The Morgan fingerprint density at radius 2 is 2.05 bits per heavy atom. The first-order valence-corrected chi connectivity index (χ1v) is 6.87. The van der Waals surface area contributed by atoms with Gasteiger partial charge in [-0.2, -0.15) is 0 Å². The monoisotopic (exact) mass is 298 g/mol. The van der Waals surface area contributed by atoms with Crippen LogP contribution in [0.2, 0.25) is 0 Å². The quantitative estimate of drug-likeness (QED) is 0.822. The van der Waals surface area contributed by atoms with Gasteiger partial charge in [-0.25, -0.2) is 8.78 Å². The Morgan fingerprint density at radius 1 is 1.38 bits per heavy atom. The Morgan fingerprint density at radius 3 is 2.67 bits per heavy atom. The van der Waals surface area contributed by atoms with Crippen molar-refractivity contribution in [3.05, 3.63) is 35.4 Å². The molecule has 4 nitrogen and oxygen atoms in total. The maximum absolute atomic E-state index is 13.8. The minimum Gasteiger partial charge on any atom is -0.446 e. The van der Waals surface area contributed by atoms with E-state index in [0.717, 1.165) is 6.07 Å². The van der Waals surface area contributed by atoms with Crippen LogP contribution in [0.15, 0.2) is 18.2 Å². The summed E-state index contributed by atoms with van der Waals surface area (Å²) in [5.41, 5.74) is 5.48. The minimum atomic E-state index is -0.923. The molecule has 0 bridgehead atoms. The summed E-state index contributed by atoms with van der Waals surface area (Å²) < 4.78 is 32.4. The smallest absolute Gasteiger partial charge is 0.312 e. The third-order valence-electron chi connectivity index (χ3n) is 3.46. The molecule has 1 aromatic rings. The van der Waals surface area contributed by atoms with Gasteiger partial charge in [0.2, 0.25) is 0 Å². The van der Waals surface area contributed by atoms with Crippen molar-refractivity contribution >= 4 is 5.97 Å². The number of carbonyl (C=O) groups is 1. The number of benzene rings is 1. The Balaban J connectivity index is 2.11. The van der Waals surface area contributed by atoms with Crippen molar-refractivity contribution < 1.29 is 18.3 Å². The number of esters is 1. The van der Waals surface area contributed by atoms with Crippen molar-refractivity contribution in [2.24, 2.45) is 11.1 Å². The fourth-order valence-corrected chi connectivity index (χ4v) is 2.24. The van der Waals surface area contributed by atoms with Gasteiger partial charge in [0.1, 0.15) is 0 Å². The zero-order valence-electron chi connectivity index (χ0n) is 12.3. The number of hydrogen-bond donors (Lipinski definition) is 2. The van der Waals surface area contributed by atoms with E-state index in [2.05, 4.69) is 5.32 Å². The Labute approximate surface area is 122 Å². The van der Waals surface area contributed by atoms with Gasteiger partial charge in [0, 0.05) is 18.0 Å². The number of nitrogens with two attached hydrogens (primary N) is 1. The molecule has 1 saturated heterocycles. The first kappa shape index (κ1) is 15.9. The summed E-state index contributed by atoms with van der Waals surface area (Å²) in [6, 6.07) is 2.91. The molecule has 0 amide bonds. The molecule has 1 aliphatic rings. The second-order valence-corrected chi connectivity index (χ2v) is 6.33. The Bertz CT molecular complexity index is 543. The van der Waals surface area contributed by atoms with Crippen LogP contribution in [0.4, 0.5) is 8.78 Å². The SMILES string of the molecule is CC(C)(C)C(=O)OC1CC(N)C(c2cccc(F)c2F)N1. The molecule has 3 unspecified atom stereocenters. The van der Waals surface area contributed by atoms with Crippen LogP contribution in [0.1, 0.15) is 38.8 Å². The van der Waals surface area contributed by atoms with Crippen molar-refractivity contribution in [3.63, 3.8) is 0 Å². The number of ether oxygens (including phenoxy) is 1. The molecule has 0 radical (unpaired) electrons. The van der Waals surface area contributed by atoms with Gasteiger partial charge in [0.25, 0.3) is 0 Å². The van der Waals surface area contributed by atoms with E-state index in [0.29, 0.717) is 6.42 Å². The van der Waals surface area contributed by atoms with Gasteiger partial charge in [-0.05, 0) is 26.8 Å². The van der Waals surface area contributed by atoms with E-state index in [1.165, 1.54) is 12.1 Å². The molecule has 3 atom stereocenters. The molecular formula is C15H20F2N2O2. The minimum absolute atomic E-state index is 0.150. The molecule has 1 heterocycles. The van der Waals surface area contributed by atoms with Crippen LogP contribution in [-0.4, -0.2) is 18.2 Å². The molecule has 1 aliphatic heterocycles. The van der Waals surface area contributed by atoms with E-state index < -0.39 is 35.4 Å². The van der Waals surface area contributed by atoms with Crippen LogP contribution in [0.3, 0.4) is 0 Å². The van der Waals surface area contributed by atoms with Gasteiger partial charge in [0.15, 0.2) is 17.9 Å². The van der Waals surface area contributed by atoms with Crippen LogP contribution in [0, 0.1) is 17.0 Å². The summed E-state index contributed by atoms with van der Waals surface area (Å²) in [5, 5.41) is 2.95. The molecule has 116 valence electrons. The summed E-state index contributed by atoms with van der Waals surface area (Å²) >= 11 is 0. The lowest BCUT2D eigenvalue weighted by Gasteiger charge is -2.21. The van der Waals surface area contributed by atoms with Crippen LogP contribution in [0.5, 0.6) is 0 Å². The topological polar surface area (TPSA) is 64.3 Å². The molecule has 0 aliphatic carbocycles. The number of carbonyl (C=O) groups excluding carboxylic acids is 1. The van der Waals surface area contributed by atoms with Crippen molar-refractivity contribution in [1.29, 1.82) is 0 Å². The average Bonchev–Trinajstić information content (AvgIpc) is 2.72. The highest BCUT2D eigenvalue weighted by atomic mass is 19.2. The van der Waals surface area contributed by atoms with Gasteiger partial charge in [-0.3, -0.25) is 10.1 Å². The van der Waals surface area contributed by atoms with Gasteiger partial charge < -0.3 is 10.5 Å². The van der Waals surface area contributed by atoms with Crippen LogP contribution < -0.4 is 11.1 Å². The van der Waals surface area contributed by atoms with E-state index in [4.69, 9.17) is 10.5 Å². The summed E-state index contributed by atoms with van der Waals surface area (Å²) in [4.78, 5) is 11.9. The summed E-state index contributed by atoms with van der Waals surface area (Å²) in [6.07, 6.45) is -0.248. The molecule has 2 rings (SSSR count). The number of nitrogens with one attached hydrogen (secondary N) is 1. The summed E-state index contributed by atoms with van der Waals surface area (Å²) in [7, 11) is 0. The van der Waals surface area contributed by atoms with Gasteiger partial charge >= 0.3 is 5.97 Å². The lowest BCUT2D eigenvalue weighted by atomic mass is 9.97. The van der Waals surface area contributed by atoms with Crippen LogP contribution in [0.25, 0.3) is 0 Å². The predicted octanol–water partition coefficient (Wildman–Crippen LogP) is 2.24. The van der Waals surface area contributed by atoms with Crippen molar-refractivity contribution in [1.82, 2.24) is 5.32 Å². The summed E-state index contributed by atoms with van der Waals surface area (Å²) in [5.74, 6) is -2.21. The van der Waals surface area contributed by atoms with Crippen molar-refractivity contribution in [2.75, 3.05) is 0 Å². The Kier molecular flexibility index (Phi) is 4.30. The third kappa shape index (κ3) is 3.39. The highest BCUT2D eigenvalue weighted by Crippen LogP contribution is 2.30. The Hall–Kier alpha value is -1.53. The average molecular weight is 298 g/mol. The van der Waals surface area contributed by atoms with Crippen molar-refractivity contribution in [2.45, 2.75) is 45.5 Å². The van der Waals surface area contributed by atoms with E-state index in [1.807, 2.05) is 0 Å². The second-order valence-electron chi connectivity index (χ2n) is 6.33. The van der Waals surface area contributed by atoms with E-state index in [-0.39, 0.29) is 11.5 Å². The molecule has 0 aromatic heterocycles. The predicted molar refractivity (Wildman–Crippen MR) is 74.2 cm³/mol. The molecule has 0 spiro atoms. The third-order valence-corrected chi connectivity index (χ3v) is 3.46. The normalized spacial score (nSPS) is 25.9. The van der Waals surface area contributed by atoms with E-state index in [9.17, 15) is 13.6 Å². The highest BCUT2D eigenvalue weighted by molar-refractivity contribution is 5.75. The molecule has 21 heavy (non-hydrogen) atoms. The highest BCUT2D eigenvalue weighted by Gasteiger charge is 2.37. The van der Waals surface area contributed by atoms with E-state index in [1.54, 1.807) is 20.8 Å².